The molecule has 6 nitrogen and oxygen atoms in total. The van der Waals surface area contributed by atoms with Crippen molar-refractivity contribution in [3.05, 3.63) is 106 Å². The zero-order valence-corrected chi connectivity index (χ0v) is 16.9. The molecule has 6 heteroatoms. The minimum atomic E-state index is -0.597. The first kappa shape index (κ1) is 20.1. The van der Waals surface area contributed by atoms with Crippen molar-refractivity contribution < 1.29 is 13.9 Å². The minimum absolute atomic E-state index is 0.121. The number of fused-ring (bicyclic) bond motifs is 1. The molecule has 31 heavy (non-hydrogen) atoms. The predicted molar refractivity (Wildman–Crippen MR) is 121 cm³/mol. The third kappa shape index (κ3) is 5.25. The van der Waals surface area contributed by atoms with Gasteiger partial charge in [0, 0.05) is 29.4 Å². The number of hydrogen-bond donors (Lipinski definition) is 1. The number of benzene rings is 3. The maximum Gasteiger partial charge on any atom is 0.411 e. The Balaban J connectivity index is 1.34. The van der Waals surface area contributed by atoms with E-state index in [4.69, 9.17) is 9.15 Å². The fourth-order valence-corrected chi connectivity index (χ4v) is 3.07. The first-order chi connectivity index (χ1) is 15.1. The Labute approximate surface area is 178 Å². The number of ether oxygens (including phenoxy) is 1. The van der Waals surface area contributed by atoms with Crippen molar-refractivity contribution in [3.63, 3.8) is 0 Å². The maximum atomic E-state index is 12.1. The van der Waals surface area contributed by atoms with Gasteiger partial charge in [0.05, 0.1) is 5.69 Å². The lowest BCUT2D eigenvalue weighted by Crippen LogP contribution is -2.13. The number of amides is 1. The zero-order chi connectivity index (χ0) is 21.6. The van der Waals surface area contributed by atoms with Crippen LogP contribution < -0.4 is 10.9 Å². The quantitative estimate of drug-likeness (QED) is 0.342. The summed E-state index contributed by atoms with van der Waals surface area (Å²) < 4.78 is 10.5. The smallest absolute Gasteiger partial charge is 0.411 e. The van der Waals surface area contributed by atoms with Crippen molar-refractivity contribution in [2.75, 3.05) is 5.32 Å². The first-order valence-electron chi connectivity index (χ1n) is 9.73. The van der Waals surface area contributed by atoms with Crippen LogP contribution in [0.4, 0.5) is 16.2 Å². The van der Waals surface area contributed by atoms with Crippen LogP contribution >= 0.6 is 0 Å². The van der Waals surface area contributed by atoms with Gasteiger partial charge in [-0.25, -0.2) is 9.59 Å². The van der Waals surface area contributed by atoms with E-state index in [1.807, 2.05) is 61.5 Å². The lowest BCUT2D eigenvalue weighted by Gasteiger charge is -2.08. The van der Waals surface area contributed by atoms with Gasteiger partial charge >= 0.3 is 11.7 Å². The molecule has 0 unspecified atom stereocenters. The molecule has 3 aromatic carbocycles. The number of carbonyl (C=O) groups is 1. The van der Waals surface area contributed by atoms with Gasteiger partial charge in [-0.05, 0) is 47.9 Å². The van der Waals surface area contributed by atoms with E-state index in [1.54, 1.807) is 24.4 Å². The Morgan fingerprint density at radius 3 is 2.58 bits per heavy atom. The summed E-state index contributed by atoms with van der Waals surface area (Å²) in [6, 6.07) is 23.8. The summed E-state index contributed by atoms with van der Waals surface area (Å²) >= 11 is 0. The second-order valence-corrected chi connectivity index (χ2v) is 7.00. The molecule has 0 atom stereocenters. The molecule has 0 spiro atoms. The van der Waals surface area contributed by atoms with E-state index in [0.29, 0.717) is 11.3 Å². The summed E-state index contributed by atoms with van der Waals surface area (Å²) in [5.74, 6) is 0. The topological polar surface area (TPSA) is 80.9 Å². The Morgan fingerprint density at radius 1 is 1.03 bits per heavy atom. The van der Waals surface area contributed by atoms with Gasteiger partial charge < -0.3 is 9.15 Å². The van der Waals surface area contributed by atoms with Crippen LogP contribution in [-0.2, 0) is 11.3 Å². The summed E-state index contributed by atoms with van der Waals surface area (Å²) in [5.41, 5.74) is 3.96. The number of carbonyl (C=O) groups excluding carboxylic acids is 1. The van der Waals surface area contributed by atoms with E-state index < -0.39 is 11.7 Å². The second kappa shape index (κ2) is 9.09. The number of nitrogens with one attached hydrogen (secondary N) is 1. The minimum Gasteiger partial charge on any atom is -0.444 e. The Bertz CT molecular complexity index is 1290. The van der Waals surface area contributed by atoms with Crippen molar-refractivity contribution >= 4 is 34.7 Å². The van der Waals surface area contributed by atoms with E-state index in [2.05, 4.69) is 10.3 Å². The van der Waals surface area contributed by atoms with Crippen molar-refractivity contribution in [1.29, 1.82) is 0 Å². The molecule has 4 rings (SSSR count). The van der Waals surface area contributed by atoms with Gasteiger partial charge in [-0.15, -0.1) is 0 Å². The molecule has 0 aliphatic carbocycles. The number of hydrogen-bond acceptors (Lipinski definition) is 5. The molecule has 1 aromatic heterocycles. The fourth-order valence-electron chi connectivity index (χ4n) is 3.07. The lowest BCUT2D eigenvalue weighted by molar-refractivity contribution is 0.155. The number of rotatable bonds is 5. The summed E-state index contributed by atoms with van der Waals surface area (Å²) in [6.45, 7) is 1.95. The summed E-state index contributed by atoms with van der Waals surface area (Å²) in [7, 11) is 0. The molecule has 4 aromatic rings. The van der Waals surface area contributed by atoms with Gasteiger partial charge in [0.1, 0.15) is 12.2 Å². The Hall–Kier alpha value is -4.19. The molecule has 154 valence electrons. The van der Waals surface area contributed by atoms with Crippen molar-refractivity contribution in [2.45, 2.75) is 13.5 Å². The molecule has 0 aliphatic rings. The highest BCUT2D eigenvalue weighted by Gasteiger charge is 2.07. The molecule has 1 amide bonds. The van der Waals surface area contributed by atoms with Crippen LogP contribution in [0.5, 0.6) is 0 Å². The molecule has 1 heterocycles. The van der Waals surface area contributed by atoms with Gasteiger partial charge in [0.15, 0.2) is 0 Å². The van der Waals surface area contributed by atoms with Crippen molar-refractivity contribution in [2.24, 2.45) is 4.99 Å². The summed E-state index contributed by atoms with van der Waals surface area (Å²) in [6.07, 6.45) is 1.20. The summed E-state index contributed by atoms with van der Waals surface area (Å²) in [4.78, 5) is 28.1. The molecule has 0 aliphatic heterocycles. The SMILES string of the molecule is Cc1cc(=O)oc2cc(NC(=O)OCc3ccc(/N=C/c4ccccc4)cc3)ccc12. The average molecular weight is 412 g/mol. The zero-order valence-electron chi connectivity index (χ0n) is 16.9. The predicted octanol–water partition coefficient (Wildman–Crippen LogP) is 5.60. The van der Waals surface area contributed by atoms with Crippen LogP contribution in [0.1, 0.15) is 16.7 Å². The second-order valence-electron chi connectivity index (χ2n) is 7.00. The highest BCUT2D eigenvalue weighted by atomic mass is 16.5. The van der Waals surface area contributed by atoms with Crippen LogP contribution in [-0.4, -0.2) is 12.3 Å². The number of aryl methyl sites for hydroxylation is 1. The molecule has 0 bridgehead atoms. The molecule has 0 saturated heterocycles. The number of nitrogens with zero attached hydrogens (tertiary/aromatic N) is 1. The molecule has 0 saturated carbocycles. The third-order valence-electron chi connectivity index (χ3n) is 4.67. The average Bonchev–Trinajstić information content (AvgIpc) is 2.77. The van der Waals surface area contributed by atoms with Crippen LogP contribution in [0, 0.1) is 6.92 Å². The lowest BCUT2D eigenvalue weighted by atomic mass is 10.1. The number of anilines is 1. The number of aliphatic imine (C=N–C) groups is 1. The van der Waals surface area contributed by atoms with Crippen LogP contribution in [0.2, 0.25) is 0 Å². The standard InChI is InChI=1S/C25H20N2O4/c1-17-13-24(28)31-23-14-21(11-12-22(17)23)27-25(29)30-16-19-7-9-20(10-8-19)26-15-18-5-3-2-4-6-18/h2-15H,16H2,1H3,(H,27,29)/b26-15+. The third-order valence-corrected chi connectivity index (χ3v) is 4.67. The molecular formula is C25H20N2O4. The van der Waals surface area contributed by atoms with E-state index in [9.17, 15) is 9.59 Å². The van der Waals surface area contributed by atoms with Gasteiger partial charge in [-0.3, -0.25) is 10.3 Å². The summed E-state index contributed by atoms with van der Waals surface area (Å²) in [5, 5.41) is 3.46. The fraction of sp³-hybridized carbons (Fsp3) is 0.0800. The Kier molecular flexibility index (Phi) is 5.89. The van der Waals surface area contributed by atoms with E-state index in [0.717, 1.165) is 27.8 Å². The first-order valence-corrected chi connectivity index (χ1v) is 9.73. The van der Waals surface area contributed by atoms with Gasteiger partial charge in [-0.2, -0.15) is 0 Å². The van der Waals surface area contributed by atoms with E-state index in [-0.39, 0.29) is 6.61 Å². The van der Waals surface area contributed by atoms with Crippen molar-refractivity contribution in [1.82, 2.24) is 0 Å². The monoisotopic (exact) mass is 412 g/mol. The van der Waals surface area contributed by atoms with Gasteiger partial charge in [-0.1, -0.05) is 42.5 Å². The largest absolute Gasteiger partial charge is 0.444 e. The van der Waals surface area contributed by atoms with Crippen molar-refractivity contribution in [3.8, 4) is 0 Å². The van der Waals surface area contributed by atoms with Gasteiger partial charge in [0.2, 0.25) is 0 Å². The van der Waals surface area contributed by atoms with E-state index >= 15 is 0 Å². The highest BCUT2D eigenvalue weighted by Crippen LogP contribution is 2.21. The molecule has 0 radical (unpaired) electrons. The molecule has 1 N–H and O–H groups in total. The van der Waals surface area contributed by atoms with Gasteiger partial charge in [0.25, 0.3) is 0 Å². The van der Waals surface area contributed by atoms with Crippen LogP contribution in [0.25, 0.3) is 11.0 Å². The van der Waals surface area contributed by atoms with Crippen LogP contribution in [0.15, 0.2) is 93.1 Å². The van der Waals surface area contributed by atoms with Crippen LogP contribution in [0.3, 0.4) is 0 Å². The Morgan fingerprint density at radius 2 is 1.81 bits per heavy atom. The highest BCUT2D eigenvalue weighted by molar-refractivity contribution is 5.89. The van der Waals surface area contributed by atoms with E-state index in [1.165, 1.54) is 6.07 Å². The normalized spacial score (nSPS) is 11.0. The maximum absolute atomic E-state index is 12.1. The molecule has 0 fully saturated rings. The molecular weight excluding hydrogens is 392 g/mol.